The van der Waals surface area contributed by atoms with Crippen molar-refractivity contribution in [3.05, 3.63) is 12.3 Å². The van der Waals surface area contributed by atoms with Gasteiger partial charge in [0.15, 0.2) is 0 Å². The molecule has 0 aromatic rings. The number of hydrogen-bond donors (Lipinski definition) is 1. The van der Waals surface area contributed by atoms with E-state index in [2.05, 4.69) is 46.5 Å². The Bertz CT molecular complexity index is 196. The molecule has 0 fully saturated rings. The zero-order valence-corrected chi connectivity index (χ0v) is 12.7. The third-order valence-electron chi connectivity index (χ3n) is 3.83. The smallest absolute Gasteiger partial charge is 0.0172 e. The van der Waals surface area contributed by atoms with Crippen molar-refractivity contribution in [1.29, 1.82) is 0 Å². The first-order chi connectivity index (χ1) is 7.99. The summed E-state index contributed by atoms with van der Waals surface area (Å²) in [5.41, 5.74) is 1.18. The summed E-state index contributed by atoms with van der Waals surface area (Å²) in [6.45, 7) is 16.5. The maximum absolute atomic E-state index is 4.06. The molecule has 1 heteroatoms. The molecule has 0 rings (SSSR count). The first-order valence-corrected chi connectivity index (χ1v) is 7.41. The van der Waals surface area contributed by atoms with Gasteiger partial charge in [-0.05, 0) is 17.8 Å². The number of rotatable bonds is 10. The fraction of sp³-hybridized carbons (Fsp3) is 0.875. The lowest BCUT2D eigenvalue weighted by atomic mass is 9.90. The summed E-state index contributed by atoms with van der Waals surface area (Å²) in [6, 6.07) is 0. The van der Waals surface area contributed by atoms with Crippen LogP contribution >= 0.6 is 0 Å². The van der Waals surface area contributed by atoms with Crippen molar-refractivity contribution in [1.82, 2.24) is 5.32 Å². The predicted octanol–water partition coefficient (Wildman–Crippen LogP) is 4.99. The van der Waals surface area contributed by atoms with Crippen LogP contribution in [0, 0.1) is 17.8 Å². The monoisotopic (exact) mass is 239 g/mol. The summed E-state index contributed by atoms with van der Waals surface area (Å²) in [5, 5.41) is 3.47. The third kappa shape index (κ3) is 8.29. The molecule has 0 amide bonds. The first-order valence-electron chi connectivity index (χ1n) is 7.41. The van der Waals surface area contributed by atoms with Gasteiger partial charge in [0.2, 0.25) is 0 Å². The van der Waals surface area contributed by atoms with Gasteiger partial charge in [-0.1, -0.05) is 73.3 Å². The molecule has 0 spiro atoms. The van der Waals surface area contributed by atoms with Crippen LogP contribution in [-0.4, -0.2) is 6.54 Å². The molecule has 0 aliphatic heterocycles. The Morgan fingerprint density at radius 3 is 2.18 bits per heavy atom. The van der Waals surface area contributed by atoms with E-state index in [1.54, 1.807) is 0 Å². The van der Waals surface area contributed by atoms with Crippen molar-refractivity contribution in [3.8, 4) is 0 Å². The Morgan fingerprint density at radius 1 is 1.00 bits per heavy atom. The van der Waals surface area contributed by atoms with E-state index in [4.69, 9.17) is 0 Å². The zero-order valence-electron chi connectivity index (χ0n) is 12.7. The predicted molar refractivity (Wildman–Crippen MR) is 79.1 cm³/mol. The molecule has 1 N–H and O–H groups in total. The van der Waals surface area contributed by atoms with Gasteiger partial charge in [-0.3, -0.25) is 0 Å². The summed E-state index contributed by atoms with van der Waals surface area (Å²) < 4.78 is 0. The average Bonchev–Trinajstić information content (AvgIpc) is 2.30. The Morgan fingerprint density at radius 2 is 1.65 bits per heavy atom. The van der Waals surface area contributed by atoms with Gasteiger partial charge in [-0.15, -0.1) is 0 Å². The molecule has 0 radical (unpaired) electrons. The van der Waals surface area contributed by atoms with Crippen LogP contribution in [0.15, 0.2) is 12.3 Å². The Hall–Kier alpha value is -0.460. The highest BCUT2D eigenvalue weighted by atomic mass is 14.9. The van der Waals surface area contributed by atoms with Crippen LogP contribution in [-0.2, 0) is 0 Å². The maximum Gasteiger partial charge on any atom is 0.0172 e. The van der Waals surface area contributed by atoms with E-state index in [1.807, 2.05) is 0 Å². The van der Waals surface area contributed by atoms with Crippen molar-refractivity contribution >= 4 is 0 Å². The Kier molecular flexibility index (Phi) is 9.30. The average molecular weight is 239 g/mol. The van der Waals surface area contributed by atoms with Crippen LogP contribution in [0.4, 0.5) is 0 Å². The van der Waals surface area contributed by atoms with Crippen molar-refractivity contribution < 1.29 is 0 Å². The molecule has 0 aliphatic carbocycles. The zero-order chi connectivity index (χ0) is 13.3. The second-order valence-corrected chi connectivity index (χ2v) is 5.86. The molecule has 1 nitrogen and oxygen atoms in total. The highest BCUT2D eigenvalue weighted by Gasteiger charge is 2.12. The number of allylic oxidation sites excluding steroid dienone is 1. The fourth-order valence-corrected chi connectivity index (χ4v) is 1.87. The van der Waals surface area contributed by atoms with Gasteiger partial charge in [0, 0.05) is 12.2 Å². The molecule has 2 unspecified atom stereocenters. The van der Waals surface area contributed by atoms with E-state index in [9.17, 15) is 0 Å². The highest BCUT2D eigenvalue weighted by Crippen LogP contribution is 2.18. The van der Waals surface area contributed by atoms with E-state index < -0.39 is 0 Å². The van der Waals surface area contributed by atoms with Gasteiger partial charge in [0.1, 0.15) is 0 Å². The van der Waals surface area contributed by atoms with Crippen LogP contribution < -0.4 is 5.32 Å². The number of unbranched alkanes of at least 4 members (excludes halogenated alkanes) is 3. The summed E-state index contributed by atoms with van der Waals surface area (Å²) in [5.74, 6) is 2.11. The molecular weight excluding hydrogens is 206 g/mol. The lowest BCUT2D eigenvalue weighted by Gasteiger charge is -2.22. The second kappa shape index (κ2) is 9.56. The Balaban J connectivity index is 3.66. The molecule has 0 aromatic heterocycles. The van der Waals surface area contributed by atoms with Crippen LogP contribution in [0.5, 0.6) is 0 Å². The number of nitrogens with one attached hydrogen (secondary N) is 1. The van der Waals surface area contributed by atoms with Crippen LogP contribution in [0.25, 0.3) is 0 Å². The van der Waals surface area contributed by atoms with Gasteiger partial charge in [0.05, 0.1) is 0 Å². The standard InChI is InChI=1S/C16H33N/c1-7-8-9-10-11-14(4)15(5)12-17-16(6)13(2)3/h13-15,17H,6-12H2,1-5H3. The fourth-order valence-electron chi connectivity index (χ4n) is 1.87. The van der Waals surface area contributed by atoms with Gasteiger partial charge in [-0.2, -0.15) is 0 Å². The molecule has 0 bridgehead atoms. The van der Waals surface area contributed by atoms with Crippen molar-refractivity contribution in [3.63, 3.8) is 0 Å². The van der Waals surface area contributed by atoms with Crippen molar-refractivity contribution in [2.45, 2.75) is 66.7 Å². The van der Waals surface area contributed by atoms with E-state index in [1.165, 1.54) is 37.8 Å². The van der Waals surface area contributed by atoms with Gasteiger partial charge in [0.25, 0.3) is 0 Å². The largest absolute Gasteiger partial charge is 0.388 e. The number of hydrogen-bond acceptors (Lipinski definition) is 1. The van der Waals surface area contributed by atoms with Gasteiger partial charge >= 0.3 is 0 Å². The quantitative estimate of drug-likeness (QED) is 0.530. The van der Waals surface area contributed by atoms with E-state index in [0.29, 0.717) is 5.92 Å². The maximum atomic E-state index is 4.06. The first kappa shape index (κ1) is 16.5. The summed E-state index contributed by atoms with van der Waals surface area (Å²) in [6.07, 6.45) is 6.89. The third-order valence-corrected chi connectivity index (χ3v) is 3.83. The molecule has 102 valence electrons. The topological polar surface area (TPSA) is 12.0 Å². The summed E-state index contributed by atoms with van der Waals surface area (Å²) >= 11 is 0. The molecule has 2 atom stereocenters. The molecule has 0 heterocycles. The van der Waals surface area contributed by atoms with E-state index in [-0.39, 0.29) is 0 Å². The lowest BCUT2D eigenvalue weighted by molar-refractivity contribution is 0.341. The SMILES string of the molecule is C=C(NCC(C)C(C)CCCCCC)C(C)C. The molecular formula is C16H33N. The minimum atomic E-state index is 0.544. The van der Waals surface area contributed by atoms with E-state index in [0.717, 1.165) is 18.4 Å². The van der Waals surface area contributed by atoms with E-state index >= 15 is 0 Å². The van der Waals surface area contributed by atoms with Crippen LogP contribution in [0.3, 0.4) is 0 Å². The van der Waals surface area contributed by atoms with Gasteiger partial charge in [-0.25, -0.2) is 0 Å². The minimum absolute atomic E-state index is 0.544. The molecule has 17 heavy (non-hydrogen) atoms. The normalized spacial score (nSPS) is 14.7. The summed E-state index contributed by atoms with van der Waals surface area (Å²) in [7, 11) is 0. The van der Waals surface area contributed by atoms with Crippen LogP contribution in [0.2, 0.25) is 0 Å². The Labute approximate surface area is 109 Å². The minimum Gasteiger partial charge on any atom is -0.388 e. The van der Waals surface area contributed by atoms with Crippen LogP contribution in [0.1, 0.15) is 66.7 Å². The molecule has 0 aromatic carbocycles. The van der Waals surface area contributed by atoms with Crippen molar-refractivity contribution in [2.75, 3.05) is 6.54 Å². The second-order valence-electron chi connectivity index (χ2n) is 5.86. The molecule has 0 aliphatic rings. The van der Waals surface area contributed by atoms with Crippen molar-refractivity contribution in [2.24, 2.45) is 17.8 Å². The molecule has 0 saturated carbocycles. The molecule has 0 saturated heterocycles. The lowest BCUT2D eigenvalue weighted by Crippen LogP contribution is -2.26. The summed E-state index contributed by atoms with van der Waals surface area (Å²) in [4.78, 5) is 0. The highest BCUT2D eigenvalue weighted by molar-refractivity contribution is 4.94. The van der Waals surface area contributed by atoms with Gasteiger partial charge < -0.3 is 5.32 Å².